The van der Waals surface area contributed by atoms with Gasteiger partial charge in [-0.1, -0.05) is 53.6 Å². The van der Waals surface area contributed by atoms with E-state index in [2.05, 4.69) is 39.6 Å². The summed E-state index contributed by atoms with van der Waals surface area (Å²) in [5.41, 5.74) is 15.8. The van der Waals surface area contributed by atoms with Crippen LogP contribution in [0.2, 0.25) is 0 Å². The number of aromatic nitrogens is 1. The molecular formula is C32H35N7O4. The lowest BCUT2D eigenvalue weighted by atomic mass is 9.98. The van der Waals surface area contributed by atoms with Gasteiger partial charge < -0.3 is 19.7 Å². The van der Waals surface area contributed by atoms with Gasteiger partial charge in [-0.3, -0.25) is 4.79 Å². The first-order valence-corrected chi connectivity index (χ1v) is 14.3. The minimum absolute atomic E-state index is 0.0257. The van der Waals surface area contributed by atoms with Crippen LogP contribution in [0.4, 0.5) is 10.5 Å². The molecule has 1 amide bonds. The smallest absolute Gasteiger partial charge is 0.424 e. The molecule has 0 spiro atoms. The summed E-state index contributed by atoms with van der Waals surface area (Å²) in [4.78, 5) is 27.4. The van der Waals surface area contributed by atoms with Gasteiger partial charge in [-0.25, -0.2) is 14.8 Å². The second kappa shape index (κ2) is 13.3. The first kappa shape index (κ1) is 29.5. The Balaban J connectivity index is 1.27. The fraction of sp³-hybridized carbons (Fsp3) is 0.312. The summed E-state index contributed by atoms with van der Waals surface area (Å²) in [5, 5.41) is 20.4. The molecule has 1 aliphatic carbocycles. The molecule has 11 heteroatoms. The van der Waals surface area contributed by atoms with Crippen LogP contribution in [0.15, 0.2) is 77.9 Å². The number of azide groups is 1. The van der Waals surface area contributed by atoms with Crippen molar-refractivity contribution in [2.24, 2.45) is 5.11 Å². The van der Waals surface area contributed by atoms with Crippen LogP contribution in [0.5, 0.6) is 0 Å². The van der Waals surface area contributed by atoms with Crippen molar-refractivity contribution in [1.82, 2.24) is 14.6 Å². The molecule has 0 bridgehead atoms. The van der Waals surface area contributed by atoms with E-state index in [4.69, 9.17) is 10.3 Å². The molecule has 3 aromatic carbocycles. The number of nitrogens with one attached hydrogen (secondary N) is 1. The van der Waals surface area contributed by atoms with E-state index in [-0.39, 0.29) is 18.9 Å². The van der Waals surface area contributed by atoms with Gasteiger partial charge in [-0.15, -0.1) is 0 Å². The second-order valence-electron chi connectivity index (χ2n) is 10.6. The summed E-state index contributed by atoms with van der Waals surface area (Å²) >= 11 is 0. The van der Waals surface area contributed by atoms with Crippen molar-refractivity contribution in [2.75, 3.05) is 39.1 Å². The number of hydrazine groups is 1. The van der Waals surface area contributed by atoms with Gasteiger partial charge in [0, 0.05) is 66.8 Å². The Morgan fingerprint density at radius 3 is 2.42 bits per heavy atom. The number of rotatable bonds is 13. The van der Waals surface area contributed by atoms with Gasteiger partial charge in [0.15, 0.2) is 0 Å². The van der Waals surface area contributed by atoms with Crippen molar-refractivity contribution < 1.29 is 19.4 Å². The predicted octanol–water partition coefficient (Wildman–Crippen LogP) is 6.46. The standard InChI is InChI=1S/C32H35N7O4/c1-37(38(2)32(42)43-21-29-27-10-5-3-8-25(27)26-9-4-6-11-28(26)29)20-24-19-22-18-23(34-15-7-16-35-36-33)12-13-30(22)39(24)17-14-31(40)41/h3-6,8-13,18-19,29,34H,7,14-17,20-21H2,1-2H3,(H,40,41). The molecule has 0 unspecified atom stereocenters. The minimum atomic E-state index is -0.879. The number of benzene rings is 3. The molecule has 0 saturated heterocycles. The Morgan fingerprint density at radius 1 is 1.05 bits per heavy atom. The Morgan fingerprint density at radius 2 is 1.74 bits per heavy atom. The third kappa shape index (κ3) is 6.58. The molecule has 4 aromatic rings. The number of nitrogens with zero attached hydrogens (tertiary/aromatic N) is 6. The van der Waals surface area contributed by atoms with Gasteiger partial charge in [0.2, 0.25) is 0 Å². The maximum atomic E-state index is 13.2. The average Bonchev–Trinajstić information content (AvgIpc) is 3.52. The van der Waals surface area contributed by atoms with Crippen LogP contribution in [-0.2, 0) is 22.6 Å². The fourth-order valence-corrected chi connectivity index (χ4v) is 5.64. The van der Waals surface area contributed by atoms with Crippen molar-refractivity contribution >= 4 is 28.7 Å². The van der Waals surface area contributed by atoms with Crippen molar-refractivity contribution in [3.8, 4) is 11.1 Å². The fourth-order valence-electron chi connectivity index (χ4n) is 5.64. The predicted molar refractivity (Wildman–Crippen MR) is 166 cm³/mol. The van der Waals surface area contributed by atoms with E-state index < -0.39 is 12.1 Å². The van der Waals surface area contributed by atoms with Crippen LogP contribution in [0.3, 0.4) is 0 Å². The molecule has 43 heavy (non-hydrogen) atoms. The van der Waals surface area contributed by atoms with Crippen LogP contribution in [0, 0.1) is 0 Å². The lowest BCUT2D eigenvalue weighted by molar-refractivity contribution is -0.137. The van der Waals surface area contributed by atoms with Crippen LogP contribution in [0.25, 0.3) is 32.5 Å². The number of hydrogen-bond acceptors (Lipinski definition) is 6. The largest absolute Gasteiger partial charge is 0.481 e. The summed E-state index contributed by atoms with van der Waals surface area (Å²) in [6.07, 6.45) is 0.215. The molecule has 2 N–H and O–H groups in total. The first-order valence-electron chi connectivity index (χ1n) is 14.3. The highest BCUT2D eigenvalue weighted by molar-refractivity contribution is 5.85. The van der Waals surface area contributed by atoms with Gasteiger partial charge in [-0.05, 0) is 58.5 Å². The molecular weight excluding hydrogens is 546 g/mol. The second-order valence-corrected chi connectivity index (χ2v) is 10.6. The van der Waals surface area contributed by atoms with Gasteiger partial charge in [0.05, 0.1) is 13.0 Å². The number of fused-ring (bicyclic) bond motifs is 4. The maximum absolute atomic E-state index is 13.2. The van der Waals surface area contributed by atoms with E-state index in [1.807, 2.05) is 53.1 Å². The molecule has 1 heterocycles. The number of ether oxygens (including phenoxy) is 1. The Labute approximate surface area is 249 Å². The Kier molecular flexibility index (Phi) is 9.14. The number of carboxylic acid groups (broad SMARTS) is 1. The van der Waals surface area contributed by atoms with Gasteiger partial charge in [0.25, 0.3) is 0 Å². The zero-order valence-corrected chi connectivity index (χ0v) is 24.3. The van der Waals surface area contributed by atoms with Crippen LogP contribution in [-0.4, -0.2) is 65.5 Å². The van der Waals surface area contributed by atoms with E-state index >= 15 is 0 Å². The average molecular weight is 582 g/mol. The normalized spacial score (nSPS) is 12.1. The zero-order chi connectivity index (χ0) is 30.3. The molecule has 5 rings (SSSR count). The number of carbonyl (C=O) groups is 2. The molecule has 0 saturated carbocycles. The summed E-state index contributed by atoms with van der Waals surface area (Å²) in [6.45, 7) is 1.97. The highest BCUT2D eigenvalue weighted by Crippen LogP contribution is 2.44. The highest BCUT2D eigenvalue weighted by Gasteiger charge is 2.30. The van der Waals surface area contributed by atoms with Gasteiger partial charge in [-0.2, -0.15) is 0 Å². The molecule has 0 atom stereocenters. The molecule has 11 nitrogen and oxygen atoms in total. The molecule has 0 aliphatic heterocycles. The highest BCUT2D eigenvalue weighted by atomic mass is 16.6. The number of hydrogen-bond donors (Lipinski definition) is 2. The van der Waals surface area contributed by atoms with E-state index in [9.17, 15) is 14.7 Å². The monoisotopic (exact) mass is 581 g/mol. The van der Waals surface area contributed by atoms with Gasteiger partial charge >= 0.3 is 12.1 Å². The molecule has 1 aromatic heterocycles. The lowest BCUT2D eigenvalue weighted by Gasteiger charge is -2.28. The molecule has 222 valence electrons. The summed E-state index contributed by atoms with van der Waals surface area (Å²) < 4.78 is 7.82. The van der Waals surface area contributed by atoms with E-state index in [1.165, 1.54) is 16.1 Å². The lowest BCUT2D eigenvalue weighted by Crippen LogP contribution is -2.41. The van der Waals surface area contributed by atoms with E-state index in [1.54, 1.807) is 19.1 Å². The van der Waals surface area contributed by atoms with E-state index in [0.717, 1.165) is 33.4 Å². The van der Waals surface area contributed by atoms with Crippen LogP contribution < -0.4 is 5.32 Å². The van der Waals surface area contributed by atoms with Crippen molar-refractivity contribution in [3.63, 3.8) is 0 Å². The minimum Gasteiger partial charge on any atom is -0.481 e. The number of carboxylic acids is 1. The third-order valence-electron chi connectivity index (χ3n) is 7.87. The van der Waals surface area contributed by atoms with E-state index in [0.29, 0.717) is 32.6 Å². The summed E-state index contributed by atoms with van der Waals surface area (Å²) in [5.74, 6) is -0.911. The number of anilines is 1. The number of aliphatic carboxylic acids is 1. The van der Waals surface area contributed by atoms with Crippen molar-refractivity contribution in [1.29, 1.82) is 0 Å². The number of aryl methyl sites for hydroxylation is 1. The molecule has 0 fully saturated rings. The Hall–Kier alpha value is -4.99. The summed E-state index contributed by atoms with van der Waals surface area (Å²) in [7, 11) is 3.47. The summed E-state index contributed by atoms with van der Waals surface area (Å²) in [6, 6.07) is 24.4. The van der Waals surface area contributed by atoms with Gasteiger partial charge in [0.1, 0.15) is 6.61 Å². The van der Waals surface area contributed by atoms with Crippen molar-refractivity contribution in [3.05, 3.63) is 100 Å². The SMILES string of the molecule is CN(Cc1cc2cc(NCCCN=[N+]=[N-])ccc2n1CCC(=O)O)N(C)C(=O)OCC1c2ccccc2-c2ccccc21. The third-order valence-corrected chi connectivity index (χ3v) is 7.87. The van der Waals surface area contributed by atoms with Crippen LogP contribution >= 0.6 is 0 Å². The Bertz CT molecular complexity index is 1630. The number of carbonyl (C=O) groups excluding carboxylic acids is 1. The molecule has 0 radical (unpaired) electrons. The maximum Gasteiger partial charge on any atom is 0.424 e. The van der Waals surface area contributed by atoms with Crippen LogP contribution in [0.1, 0.15) is 35.6 Å². The molecule has 1 aliphatic rings. The first-order chi connectivity index (χ1) is 20.9. The number of amides is 1. The zero-order valence-electron chi connectivity index (χ0n) is 24.3. The quantitative estimate of drug-likeness (QED) is 0.0612. The van der Waals surface area contributed by atoms with Crippen molar-refractivity contribution in [2.45, 2.75) is 31.8 Å². The topological polar surface area (TPSA) is 136 Å².